The van der Waals surface area contributed by atoms with Crippen molar-refractivity contribution in [2.75, 3.05) is 0 Å². The molecule has 8 heteroatoms. The lowest BCUT2D eigenvalue weighted by Crippen LogP contribution is -2.69. The Hall–Kier alpha value is -3.00. The van der Waals surface area contributed by atoms with Gasteiger partial charge in [-0.25, -0.2) is 15.0 Å². The molecule has 1 atom stereocenters. The van der Waals surface area contributed by atoms with Gasteiger partial charge < -0.3 is 9.54 Å². The van der Waals surface area contributed by atoms with Crippen LogP contribution < -0.4 is 4.99 Å². The number of nitrogens with zero attached hydrogens (tertiary/aromatic N) is 2. The van der Waals surface area contributed by atoms with Crippen molar-refractivity contribution in [2.24, 2.45) is 9.98 Å². The highest BCUT2D eigenvalue weighted by Crippen LogP contribution is 2.31. The van der Waals surface area contributed by atoms with Gasteiger partial charge in [-0.2, -0.15) is 0 Å². The Kier molecular flexibility index (Phi) is 8.45. The number of fused-ring (bicyclic) bond motifs is 6. The summed E-state index contributed by atoms with van der Waals surface area (Å²) in [6.07, 6.45) is 19.4. The molecule has 0 radical (unpaired) electrons. The van der Waals surface area contributed by atoms with Crippen molar-refractivity contribution in [3.63, 3.8) is 0 Å². The molecule has 4 aliphatic heterocycles. The predicted octanol–water partition coefficient (Wildman–Crippen LogP) is 5.80. The number of aromatic amines is 1. The van der Waals surface area contributed by atoms with E-state index in [0.29, 0.717) is 23.4 Å². The first-order valence-electron chi connectivity index (χ1n) is 14.4. The van der Waals surface area contributed by atoms with Crippen molar-refractivity contribution in [3.05, 3.63) is 87.2 Å². The van der Waals surface area contributed by atoms with Crippen LogP contribution in [-0.2, 0) is 15.4 Å². The van der Waals surface area contributed by atoms with Gasteiger partial charge >= 0.3 is 0 Å². The Balaban J connectivity index is 1.78. The molecule has 2 N–H and O–H groups in total. The second kappa shape index (κ2) is 11.9. The fraction of sp³-hybridized carbons (Fsp3) is 0.375. The van der Waals surface area contributed by atoms with Crippen LogP contribution in [0.1, 0.15) is 89.6 Å². The smallest absolute Gasteiger partial charge is 0.243 e. The second-order valence-corrected chi connectivity index (χ2v) is 13.1. The van der Waals surface area contributed by atoms with Gasteiger partial charge in [-0.05, 0) is 89.5 Å². The van der Waals surface area contributed by atoms with Gasteiger partial charge in [-0.15, -0.1) is 0 Å². The Morgan fingerprint density at radius 3 is 1.98 bits per heavy atom. The third kappa shape index (κ3) is 5.60. The number of hydrogen-bond acceptors (Lipinski definition) is 4. The summed E-state index contributed by atoms with van der Waals surface area (Å²) in [5.74, 6) is 0. The van der Waals surface area contributed by atoms with E-state index in [1.54, 1.807) is 0 Å². The van der Waals surface area contributed by atoms with Gasteiger partial charge in [0.2, 0.25) is 11.4 Å². The fourth-order valence-corrected chi connectivity index (χ4v) is 7.09. The minimum absolute atomic E-state index is 0.150. The first kappa shape index (κ1) is 28.5. The molecule has 5 rings (SSSR count). The maximum atomic E-state index is 13.0. The molecule has 0 fully saturated rings. The van der Waals surface area contributed by atoms with Gasteiger partial charge in [0.1, 0.15) is 10.6 Å². The molecule has 0 saturated heterocycles. The maximum Gasteiger partial charge on any atom is 0.243 e. The molecule has 1 aromatic heterocycles. The first-order chi connectivity index (χ1) is 19.3. The van der Waals surface area contributed by atoms with Crippen molar-refractivity contribution < 1.29 is 13.8 Å². The molecule has 0 aromatic carbocycles. The summed E-state index contributed by atoms with van der Waals surface area (Å²) in [6.45, 7) is 8.51. The summed E-state index contributed by atoms with van der Waals surface area (Å²) in [5.41, 5.74) is 10.6. The van der Waals surface area contributed by atoms with Crippen LogP contribution in [0.5, 0.6) is 0 Å². The third-order valence-electron chi connectivity index (χ3n) is 7.43. The highest BCUT2D eigenvalue weighted by atomic mass is 35.7. The predicted molar refractivity (Wildman–Crippen MR) is 168 cm³/mol. The van der Waals surface area contributed by atoms with Crippen molar-refractivity contribution >= 4 is 47.8 Å². The van der Waals surface area contributed by atoms with E-state index in [1.165, 1.54) is 5.57 Å². The van der Waals surface area contributed by atoms with Crippen LogP contribution in [0.4, 0.5) is 0 Å². The van der Waals surface area contributed by atoms with E-state index < -0.39 is 9.02 Å². The molecular weight excluding hydrogens is 540 g/mol. The summed E-state index contributed by atoms with van der Waals surface area (Å²) in [7, 11) is 2.08. The van der Waals surface area contributed by atoms with E-state index in [4.69, 9.17) is 20.7 Å². The lowest BCUT2D eigenvalue weighted by atomic mass is 10.0. The van der Waals surface area contributed by atoms with Crippen LogP contribution >= 0.6 is 10.7 Å². The fourth-order valence-electron chi connectivity index (χ4n) is 5.67. The van der Waals surface area contributed by atoms with E-state index in [1.807, 2.05) is 25.1 Å². The highest BCUT2D eigenvalue weighted by molar-refractivity contribution is 8.19. The van der Waals surface area contributed by atoms with Crippen LogP contribution in [0, 0.1) is 0 Å². The normalized spacial score (nSPS) is 19.6. The molecule has 210 valence electrons. The van der Waals surface area contributed by atoms with Crippen LogP contribution in [-0.4, -0.2) is 35.7 Å². The lowest BCUT2D eigenvalue weighted by molar-refractivity contribution is -0.386. The average Bonchev–Trinajstić information content (AvgIpc) is 3.66. The van der Waals surface area contributed by atoms with Crippen LogP contribution in [0.3, 0.4) is 0 Å². The molecule has 1 aromatic rings. The highest BCUT2D eigenvalue weighted by Gasteiger charge is 2.35. The van der Waals surface area contributed by atoms with E-state index in [-0.39, 0.29) is 4.86 Å². The Morgan fingerprint density at radius 2 is 1.43 bits per heavy atom. The molecule has 5 heterocycles. The molecule has 4 aliphatic rings. The minimum Gasteiger partial charge on any atom is -0.765 e. The number of hydrogen-bond donors (Lipinski definition) is 2. The summed E-state index contributed by atoms with van der Waals surface area (Å²) in [4.78, 5) is 17.1. The van der Waals surface area contributed by atoms with Crippen LogP contribution in [0.2, 0.25) is 0 Å². The molecule has 8 bridgehead atoms. The van der Waals surface area contributed by atoms with Crippen molar-refractivity contribution in [2.45, 2.75) is 79.1 Å². The molecule has 1 unspecified atom stereocenters. The number of halogens is 1. The Morgan fingerprint density at radius 1 is 0.850 bits per heavy atom. The second-order valence-electron chi connectivity index (χ2n) is 10.6. The van der Waals surface area contributed by atoms with Gasteiger partial charge in [-0.3, -0.25) is 4.21 Å². The molecule has 0 amide bonds. The maximum absolute atomic E-state index is 13.0. The van der Waals surface area contributed by atoms with E-state index in [2.05, 4.69) is 55.1 Å². The van der Waals surface area contributed by atoms with Gasteiger partial charge in [0, 0.05) is 26.4 Å². The quantitative estimate of drug-likeness (QED) is 0.302. The first-order valence-corrected chi connectivity index (χ1v) is 16.7. The number of aryl methyl sites for hydroxylation is 1. The van der Waals surface area contributed by atoms with Crippen molar-refractivity contribution in [1.82, 2.24) is 4.98 Å². The van der Waals surface area contributed by atoms with Crippen molar-refractivity contribution in [3.8, 4) is 0 Å². The molecule has 40 heavy (non-hydrogen) atoms. The zero-order valence-corrected chi connectivity index (χ0v) is 25.3. The molecule has 0 aliphatic carbocycles. The van der Waals surface area contributed by atoms with Gasteiger partial charge in [0.15, 0.2) is 0 Å². The summed E-state index contributed by atoms with van der Waals surface area (Å²) in [5, 5.41) is 0. The third-order valence-corrected chi connectivity index (χ3v) is 8.83. The minimum atomic E-state index is -4.03. The summed E-state index contributed by atoms with van der Waals surface area (Å²) >= 11 is 0. The summed E-state index contributed by atoms with van der Waals surface area (Å²) in [6, 6.07) is 2.04. The van der Waals surface area contributed by atoms with E-state index in [0.717, 1.165) is 90.3 Å². The average molecular weight is 577 g/mol. The van der Waals surface area contributed by atoms with Crippen LogP contribution in [0.15, 0.2) is 80.2 Å². The molecule has 6 nitrogen and oxygen atoms in total. The number of aliphatic imine (C=N–C) groups is 2. The zero-order chi connectivity index (χ0) is 28.4. The van der Waals surface area contributed by atoms with Gasteiger partial charge in [-0.1, -0.05) is 53.4 Å². The van der Waals surface area contributed by atoms with Gasteiger partial charge in [0.05, 0.1) is 22.8 Å². The number of rotatable bonds is 8. The zero-order valence-electron chi connectivity index (χ0n) is 23.7. The van der Waals surface area contributed by atoms with E-state index >= 15 is 0 Å². The standard InChI is InChI=1S/C32H37ClN4O2S/c1-5-9-20-17-28-29-18-21(10-6-2)25(35-29)15-16-27-23(12-8-4)32(40(33,38)39)31(37-27)30-19-22(11-7-3)26(36-30)14-13-24(20)34-28/h13-19,36H,5-12H2,1-4H3,(H,38,39). The SMILES string of the molecule is CCCC1=CC2=C3C=C(CCC)C(=N3)C=Cc3[nH]c(cc3CCC)C3=[NH+]C(=C(CCC)C3=S(=O)([O-])Cl)C=CC1=N2. The molecule has 0 spiro atoms. The van der Waals surface area contributed by atoms with E-state index in [9.17, 15) is 8.76 Å². The monoisotopic (exact) mass is 576 g/mol. The Labute approximate surface area is 242 Å². The number of nitrogens with one attached hydrogen (secondary N) is 2. The number of aromatic nitrogens is 1. The topological polar surface area (TPSA) is 94.6 Å². The van der Waals surface area contributed by atoms with Crippen LogP contribution in [0.25, 0.3) is 6.08 Å². The Bertz CT molecular complexity index is 1640. The number of H-pyrrole nitrogens is 1. The van der Waals surface area contributed by atoms with Crippen molar-refractivity contribution in [1.29, 1.82) is 0 Å². The molecular formula is C32H37ClN4O2S. The van der Waals surface area contributed by atoms with Gasteiger partial charge in [0.25, 0.3) is 0 Å². The molecule has 0 saturated carbocycles. The summed E-state index contributed by atoms with van der Waals surface area (Å²) < 4.78 is 26.0. The number of allylic oxidation sites excluding steroid dienone is 8. The lowest BCUT2D eigenvalue weighted by Gasteiger charge is -2.12. The largest absolute Gasteiger partial charge is 0.765 e.